The van der Waals surface area contributed by atoms with Crippen molar-refractivity contribution >= 4 is 45.6 Å². The Balaban J connectivity index is 1.78. The lowest BCUT2D eigenvalue weighted by molar-refractivity contribution is -0.384. The van der Waals surface area contributed by atoms with Crippen LogP contribution >= 0.6 is 11.6 Å². The summed E-state index contributed by atoms with van der Waals surface area (Å²) in [6.45, 7) is 0. The quantitative estimate of drug-likeness (QED) is 0.260. The first-order valence-electron chi connectivity index (χ1n) is 9.44. The van der Waals surface area contributed by atoms with Crippen molar-refractivity contribution in [1.82, 2.24) is 4.98 Å². The SMILES string of the molecule is O=C1Nc2ccccc2C(=O)C1c1c(-c2ccc(Cl)cc2)[nH]c2cc([N+](=O)[O-])ccc12. The van der Waals surface area contributed by atoms with Gasteiger partial charge in [-0.25, -0.2) is 0 Å². The smallest absolute Gasteiger partial charge is 0.271 e. The van der Waals surface area contributed by atoms with Crippen molar-refractivity contribution in [3.05, 3.63) is 93.0 Å². The Morgan fingerprint density at radius 2 is 1.71 bits per heavy atom. The van der Waals surface area contributed by atoms with Gasteiger partial charge in [0.25, 0.3) is 5.69 Å². The van der Waals surface area contributed by atoms with Crippen LogP contribution in [0.1, 0.15) is 21.8 Å². The highest BCUT2D eigenvalue weighted by molar-refractivity contribution is 6.30. The molecule has 0 fully saturated rings. The number of nitrogens with one attached hydrogen (secondary N) is 2. The van der Waals surface area contributed by atoms with E-state index >= 15 is 0 Å². The maximum atomic E-state index is 13.4. The van der Waals surface area contributed by atoms with Gasteiger partial charge in [-0.05, 0) is 35.9 Å². The van der Waals surface area contributed by atoms with Gasteiger partial charge in [-0.15, -0.1) is 0 Å². The Morgan fingerprint density at radius 3 is 2.45 bits per heavy atom. The maximum absolute atomic E-state index is 13.4. The van der Waals surface area contributed by atoms with Crippen LogP contribution in [-0.4, -0.2) is 21.6 Å². The van der Waals surface area contributed by atoms with Crippen molar-refractivity contribution in [1.29, 1.82) is 0 Å². The number of amides is 1. The molecule has 0 bridgehead atoms. The van der Waals surface area contributed by atoms with E-state index in [1.165, 1.54) is 12.1 Å². The first-order valence-corrected chi connectivity index (χ1v) is 9.82. The molecule has 2 N–H and O–H groups in total. The van der Waals surface area contributed by atoms with Crippen LogP contribution in [0.4, 0.5) is 11.4 Å². The minimum atomic E-state index is -1.10. The number of para-hydroxylation sites is 1. The average Bonchev–Trinajstić information content (AvgIpc) is 3.13. The number of carbonyl (C=O) groups is 2. The Hall–Kier alpha value is -3.97. The molecule has 31 heavy (non-hydrogen) atoms. The zero-order valence-corrected chi connectivity index (χ0v) is 16.6. The number of Topliss-reactive ketones (excluding diaryl/α,β-unsaturated/α-hetero) is 1. The number of hydrogen-bond donors (Lipinski definition) is 2. The number of carbonyl (C=O) groups excluding carboxylic acids is 2. The summed E-state index contributed by atoms with van der Waals surface area (Å²) >= 11 is 6.02. The topological polar surface area (TPSA) is 105 Å². The summed E-state index contributed by atoms with van der Waals surface area (Å²) in [5.41, 5.74) is 2.99. The fourth-order valence-electron chi connectivity index (χ4n) is 4.01. The predicted molar refractivity (Wildman–Crippen MR) is 118 cm³/mol. The minimum Gasteiger partial charge on any atom is -0.354 e. The number of nitrogens with zero attached hydrogens (tertiary/aromatic N) is 1. The fraction of sp³-hybridized carbons (Fsp3) is 0.0435. The van der Waals surface area contributed by atoms with Crippen molar-refractivity contribution in [3.63, 3.8) is 0 Å². The number of rotatable bonds is 3. The molecule has 1 amide bonds. The predicted octanol–water partition coefficient (Wildman–Crippen LogP) is 5.32. The van der Waals surface area contributed by atoms with Crippen LogP contribution in [0.15, 0.2) is 66.7 Å². The second-order valence-electron chi connectivity index (χ2n) is 7.24. The van der Waals surface area contributed by atoms with Gasteiger partial charge in [-0.2, -0.15) is 0 Å². The molecule has 1 aliphatic heterocycles. The summed E-state index contributed by atoms with van der Waals surface area (Å²) in [7, 11) is 0. The zero-order chi connectivity index (χ0) is 21.7. The number of fused-ring (bicyclic) bond motifs is 2. The third-order valence-corrected chi connectivity index (χ3v) is 5.68. The summed E-state index contributed by atoms with van der Waals surface area (Å²) < 4.78 is 0. The number of H-pyrrole nitrogens is 1. The van der Waals surface area contributed by atoms with Gasteiger partial charge in [0.1, 0.15) is 5.92 Å². The molecule has 0 saturated heterocycles. The maximum Gasteiger partial charge on any atom is 0.271 e. The molecule has 4 aromatic rings. The van der Waals surface area contributed by atoms with Crippen LogP contribution in [0.5, 0.6) is 0 Å². The van der Waals surface area contributed by atoms with Crippen LogP contribution in [0.3, 0.4) is 0 Å². The standard InChI is InChI=1S/C23H14ClN3O4/c24-13-7-5-12(6-8-13)21-19(15-10-9-14(27(30)31)11-18(15)25-21)20-22(28)16-3-1-2-4-17(16)26-23(20)29/h1-11,20,25H,(H,26,29). The molecule has 2 heterocycles. The number of non-ortho nitro benzene ring substituents is 1. The van der Waals surface area contributed by atoms with Gasteiger partial charge in [0.2, 0.25) is 5.91 Å². The van der Waals surface area contributed by atoms with E-state index < -0.39 is 16.7 Å². The molecular formula is C23H14ClN3O4. The van der Waals surface area contributed by atoms with E-state index in [4.69, 9.17) is 11.6 Å². The molecule has 0 aliphatic carbocycles. The number of hydrogen-bond acceptors (Lipinski definition) is 4. The van der Waals surface area contributed by atoms with Gasteiger partial charge in [0, 0.05) is 33.7 Å². The lowest BCUT2D eigenvalue weighted by atomic mass is 9.83. The molecule has 0 spiro atoms. The van der Waals surface area contributed by atoms with Gasteiger partial charge in [-0.3, -0.25) is 19.7 Å². The highest BCUT2D eigenvalue weighted by Crippen LogP contribution is 2.41. The monoisotopic (exact) mass is 431 g/mol. The largest absolute Gasteiger partial charge is 0.354 e. The zero-order valence-electron chi connectivity index (χ0n) is 15.9. The summed E-state index contributed by atoms with van der Waals surface area (Å²) in [5, 5.41) is 15.2. The van der Waals surface area contributed by atoms with Crippen molar-refractivity contribution in [2.75, 3.05) is 5.32 Å². The van der Waals surface area contributed by atoms with E-state index in [9.17, 15) is 19.7 Å². The summed E-state index contributed by atoms with van der Waals surface area (Å²) in [6.07, 6.45) is 0. The number of ketones is 1. The van der Waals surface area contributed by atoms with E-state index in [0.717, 1.165) is 0 Å². The second kappa shape index (κ2) is 7.07. The Labute approximate surface area is 180 Å². The Morgan fingerprint density at radius 1 is 0.968 bits per heavy atom. The minimum absolute atomic E-state index is 0.0901. The number of nitro groups is 1. The van der Waals surface area contributed by atoms with Crippen LogP contribution in [-0.2, 0) is 4.79 Å². The average molecular weight is 432 g/mol. The third kappa shape index (κ3) is 3.06. The molecule has 7 nitrogen and oxygen atoms in total. The molecule has 152 valence electrons. The van der Waals surface area contributed by atoms with Crippen LogP contribution in [0.2, 0.25) is 5.02 Å². The van der Waals surface area contributed by atoms with Crippen molar-refractivity contribution < 1.29 is 14.5 Å². The summed E-state index contributed by atoms with van der Waals surface area (Å²) in [4.78, 5) is 40.4. The molecule has 1 aromatic heterocycles. The normalized spacial score (nSPS) is 15.6. The highest BCUT2D eigenvalue weighted by Gasteiger charge is 2.39. The lowest BCUT2D eigenvalue weighted by Gasteiger charge is -2.24. The van der Waals surface area contributed by atoms with Crippen molar-refractivity contribution in [2.24, 2.45) is 0 Å². The molecule has 3 aromatic carbocycles. The van der Waals surface area contributed by atoms with Crippen LogP contribution in [0.25, 0.3) is 22.2 Å². The molecule has 5 rings (SSSR count). The molecule has 0 saturated carbocycles. The number of benzene rings is 3. The molecule has 1 aliphatic rings. The van der Waals surface area contributed by atoms with E-state index in [-0.39, 0.29) is 11.5 Å². The van der Waals surface area contributed by atoms with Gasteiger partial charge in [0.15, 0.2) is 5.78 Å². The van der Waals surface area contributed by atoms with Crippen molar-refractivity contribution in [2.45, 2.75) is 5.92 Å². The second-order valence-corrected chi connectivity index (χ2v) is 7.68. The van der Waals surface area contributed by atoms with E-state index in [2.05, 4.69) is 10.3 Å². The number of aromatic nitrogens is 1. The molecule has 8 heteroatoms. The molecule has 1 unspecified atom stereocenters. The molecular weight excluding hydrogens is 418 g/mol. The number of nitro benzene ring substituents is 1. The Bertz CT molecular complexity index is 1390. The van der Waals surface area contributed by atoms with Gasteiger partial charge >= 0.3 is 0 Å². The van der Waals surface area contributed by atoms with Crippen LogP contribution < -0.4 is 5.32 Å². The number of anilines is 1. The van der Waals surface area contributed by atoms with Gasteiger partial charge < -0.3 is 10.3 Å². The highest BCUT2D eigenvalue weighted by atomic mass is 35.5. The first-order chi connectivity index (χ1) is 14.9. The van der Waals surface area contributed by atoms with Crippen LogP contribution in [0, 0.1) is 10.1 Å². The fourth-order valence-corrected chi connectivity index (χ4v) is 4.14. The van der Waals surface area contributed by atoms with Gasteiger partial charge in [0.05, 0.1) is 21.8 Å². The lowest BCUT2D eigenvalue weighted by Crippen LogP contribution is -2.33. The summed E-state index contributed by atoms with van der Waals surface area (Å²) in [5.74, 6) is -1.87. The molecule has 0 radical (unpaired) electrons. The van der Waals surface area contributed by atoms with E-state index in [1.54, 1.807) is 54.6 Å². The Kier molecular flexibility index (Phi) is 4.34. The number of halogens is 1. The third-order valence-electron chi connectivity index (χ3n) is 5.43. The number of aromatic amines is 1. The first kappa shape index (κ1) is 19.0. The molecule has 1 atom stereocenters. The summed E-state index contributed by atoms with van der Waals surface area (Å²) in [6, 6.07) is 18.1. The van der Waals surface area contributed by atoms with E-state index in [1.807, 2.05) is 0 Å². The van der Waals surface area contributed by atoms with Gasteiger partial charge in [-0.1, -0.05) is 35.9 Å². The van der Waals surface area contributed by atoms with Crippen molar-refractivity contribution in [3.8, 4) is 11.3 Å². The van der Waals surface area contributed by atoms with E-state index in [0.29, 0.717) is 44.0 Å².